The fourth-order valence-corrected chi connectivity index (χ4v) is 3.47. The van der Waals surface area contributed by atoms with Gasteiger partial charge in [-0.2, -0.15) is 0 Å². The number of aromatic nitrogens is 1. The molecule has 0 bridgehead atoms. The molecule has 1 aromatic heterocycles. The van der Waals surface area contributed by atoms with E-state index in [1.54, 1.807) is 30.7 Å². The molecule has 3 rings (SSSR count). The van der Waals surface area contributed by atoms with Crippen LogP contribution in [0.5, 0.6) is 11.5 Å². The van der Waals surface area contributed by atoms with Gasteiger partial charge in [0.2, 0.25) is 11.8 Å². The van der Waals surface area contributed by atoms with Gasteiger partial charge in [0.1, 0.15) is 18.0 Å². The van der Waals surface area contributed by atoms with E-state index in [1.165, 1.54) is 18.4 Å². The Balaban J connectivity index is 1.56. The molecule has 0 saturated carbocycles. The number of carbonyl (C=O) groups is 4. The standard InChI is InChI=1S/C19H19N3O7S/c1-27-11-3-4-14(28-2)12(7-11)13-10-30-19(20-13)21-15(23)9-29-18(26)8-22-16(24)5-6-17(22)25/h3-4,7,10H,5-6,8-9H2,1-2H3,(H,20,21,23). The van der Waals surface area contributed by atoms with Crippen molar-refractivity contribution in [1.82, 2.24) is 9.88 Å². The van der Waals surface area contributed by atoms with E-state index >= 15 is 0 Å². The van der Waals surface area contributed by atoms with Gasteiger partial charge in [-0.25, -0.2) is 4.98 Å². The molecule has 2 heterocycles. The normalized spacial score (nSPS) is 13.3. The van der Waals surface area contributed by atoms with Crippen LogP contribution in [0.25, 0.3) is 11.3 Å². The zero-order chi connectivity index (χ0) is 21.7. The molecular formula is C19H19N3O7S. The van der Waals surface area contributed by atoms with Crippen LogP contribution in [0.2, 0.25) is 0 Å². The minimum absolute atomic E-state index is 0.0804. The third-order valence-electron chi connectivity index (χ3n) is 4.24. The quantitative estimate of drug-likeness (QED) is 0.490. The predicted molar refractivity (Wildman–Crippen MR) is 106 cm³/mol. The van der Waals surface area contributed by atoms with Crippen molar-refractivity contribution in [1.29, 1.82) is 0 Å². The molecule has 11 heteroatoms. The maximum absolute atomic E-state index is 12.0. The first-order chi connectivity index (χ1) is 14.4. The van der Waals surface area contributed by atoms with Crippen LogP contribution < -0.4 is 14.8 Å². The van der Waals surface area contributed by atoms with Crippen molar-refractivity contribution in [3.05, 3.63) is 23.6 Å². The Bertz CT molecular complexity index is 972. The number of rotatable bonds is 8. The van der Waals surface area contributed by atoms with E-state index < -0.39 is 36.8 Å². The molecule has 10 nitrogen and oxygen atoms in total. The summed E-state index contributed by atoms with van der Waals surface area (Å²) >= 11 is 1.19. The van der Waals surface area contributed by atoms with E-state index in [0.29, 0.717) is 27.9 Å². The summed E-state index contributed by atoms with van der Waals surface area (Å²) in [5, 5.41) is 4.58. The largest absolute Gasteiger partial charge is 0.497 e. The Morgan fingerprint density at radius 1 is 1.17 bits per heavy atom. The summed E-state index contributed by atoms with van der Waals surface area (Å²) in [6.45, 7) is -1.06. The van der Waals surface area contributed by atoms with E-state index in [0.717, 1.165) is 4.90 Å². The number of carbonyl (C=O) groups excluding carboxylic acids is 4. The van der Waals surface area contributed by atoms with E-state index in [1.807, 2.05) is 0 Å². The summed E-state index contributed by atoms with van der Waals surface area (Å²) in [5.74, 6) is -1.06. The number of ether oxygens (including phenoxy) is 3. The van der Waals surface area contributed by atoms with Gasteiger partial charge in [-0.1, -0.05) is 0 Å². The Morgan fingerprint density at radius 2 is 1.90 bits per heavy atom. The zero-order valence-corrected chi connectivity index (χ0v) is 17.1. The Kier molecular flexibility index (Phi) is 6.62. The minimum atomic E-state index is -0.838. The van der Waals surface area contributed by atoms with E-state index in [-0.39, 0.29) is 12.8 Å². The van der Waals surface area contributed by atoms with Crippen LogP contribution in [-0.4, -0.2) is 60.9 Å². The molecule has 1 aromatic carbocycles. The number of imide groups is 1. The highest BCUT2D eigenvalue weighted by Gasteiger charge is 2.31. The summed E-state index contributed by atoms with van der Waals surface area (Å²) in [5.41, 5.74) is 1.27. The Hall–Kier alpha value is -3.47. The smallest absolute Gasteiger partial charge is 0.326 e. The van der Waals surface area contributed by atoms with Gasteiger partial charge in [-0.3, -0.25) is 29.4 Å². The zero-order valence-electron chi connectivity index (χ0n) is 16.3. The molecule has 1 aliphatic rings. The summed E-state index contributed by atoms with van der Waals surface area (Å²) in [6.07, 6.45) is 0.161. The average molecular weight is 433 g/mol. The number of amides is 3. The van der Waals surface area contributed by atoms with Crippen LogP contribution in [-0.2, 0) is 23.9 Å². The number of anilines is 1. The van der Waals surface area contributed by atoms with Gasteiger partial charge in [0.25, 0.3) is 5.91 Å². The number of thiazole rings is 1. The van der Waals surface area contributed by atoms with E-state index in [2.05, 4.69) is 10.3 Å². The third-order valence-corrected chi connectivity index (χ3v) is 5.00. The summed E-state index contributed by atoms with van der Waals surface area (Å²) in [4.78, 5) is 52.0. The predicted octanol–water partition coefficient (Wildman–Crippen LogP) is 1.46. The van der Waals surface area contributed by atoms with Gasteiger partial charge in [0, 0.05) is 23.8 Å². The van der Waals surface area contributed by atoms with Gasteiger partial charge in [0.15, 0.2) is 11.7 Å². The Morgan fingerprint density at radius 3 is 2.57 bits per heavy atom. The first kappa shape index (κ1) is 21.2. The summed E-state index contributed by atoms with van der Waals surface area (Å²) in [7, 11) is 3.09. The monoisotopic (exact) mass is 433 g/mol. The topological polar surface area (TPSA) is 124 Å². The first-order valence-corrected chi connectivity index (χ1v) is 9.76. The first-order valence-electron chi connectivity index (χ1n) is 8.88. The molecule has 30 heavy (non-hydrogen) atoms. The molecule has 2 aromatic rings. The highest BCUT2D eigenvalue weighted by Crippen LogP contribution is 2.34. The van der Waals surface area contributed by atoms with Crippen molar-refractivity contribution in [3.63, 3.8) is 0 Å². The molecule has 1 fully saturated rings. The number of nitrogens with zero attached hydrogens (tertiary/aromatic N) is 2. The molecule has 3 amide bonds. The maximum Gasteiger partial charge on any atom is 0.326 e. The number of nitrogens with one attached hydrogen (secondary N) is 1. The van der Waals surface area contributed by atoms with E-state index in [9.17, 15) is 19.2 Å². The number of likely N-dealkylation sites (tertiary alicyclic amines) is 1. The third kappa shape index (κ3) is 4.92. The fourth-order valence-electron chi connectivity index (χ4n) is 2.74. The second-order valence-electron chi connectivity index (χ2n) is 6.19. The van der Waals surface area contributed by atoms with Crippen LogP contribution in [0, 0.1) is 0 Å². The molecule has 0 unspecified atom stereocenters. The highest BCUT2D eigenvalue weighted by molar-refractivity contribution is 7.14. The molecule has 0 aliphatic carbocycles. The molecule has 1 N–H and O–H groups in total. The van der Waals surface area contributed by atoms with E-state index in [4.69, 9.17) is 14.2 Å². The molecule has 1 aliphatic heterocycles. The lowest BCUT2D eigenvalue weighted by Gasteiger charge is -2.12. The molecule has 0 radical (unpaired) electrons. The van der Waals surface area contributed by atoms with Gasteiger partial charge < -0.3 is 14.2 Å². The maximum atomic E-state index is 12.0. The van der Waals surface area contributed by atoms with Crippen molar-refractivity contribution in [2.75, 3.05) is 32.7 Å². The van der Waals surface area contributed by atoms with Gasteiger partial charge in [-0.05, 0) is 18.2 Å². The number of benzene rings is 1. The Labute approximate surface area is 175 Å². The van der Waals surface area contributed by atoms with Gasteiger partial charge in [-0.15, -0.1) is 11.3 Å². The number of methoxy groups -OCH3 is 2. The second kappa shape index (κ2) is 9.35. The second-order valence-corrected chi connectivity index (χ2v) is 7.04. The van der Waals surface area contributed by atoms with Gasteiger partial charge >= 0.3 is 5.97 Å². The van der Waals surface area contributed by atoms with Crippen LogP contribution in [0.3, 0.4) is 0 Å². The van der Waals surface area contributed by atoms with Crippen LogP contribution >= 0.6 is 11.3 Å². The number of hydrogen-bond acceptors (Lipinski definition) is 9. The van der Waals surface area contributed by atoms with Crippen molar-refractivity contribution in [2.24, 2.45) is 0 Å². The van der Waals surface area contributed by atoms with Crippen LogP contribution in [0.1, 0.15) is 12.8 Å². The van der Waals surface area contributed by atoms with Crippen molar-refractivity contribution in [2.45, 2.75) is 12.8 Å². The lowest BCUT2D eigenvalue weighted by Crippen LogP contribution is -2.36. The van der Waals surface area contributed by atoms with Crippen LogP contribution in [0.15, 0.2) is 23.6 Å². The minimum Gasteiger partial charge on any atom is -0.497 e. The van der Waals surface area contributed by atoms with Crippen molar-refractivity contribution < 1.29 is 33.4 Å². The molecule has 1 saturated heterocycles. The molecular weight excluding hydrogens is 414 g/mol. The number of hydrogen-bond donors (Lipinski definition) is 1. The highest BCUT2D eigenvalue weighted by atomic mass is 32.1. The van der Waals surface area contributed by atoms with Gasteiger partial charge in [0.05, 0.1) is 19.9 Å². The molecule has 0 spiro atoms. The summed E-state index contributed by atoms with van der Waals surface area (Å²) in [6, 6.07) is 5.28. The lowest BCUT2D eigenvalue weighted by molar-refractivity contribution is -0.153. The summed E-state index contributed by atoms with van der Waals surface area (Å²) < 4.78 is 15.4. The molecule has 0 atom stereocenters. The van der Waals surface area contributed by atoms with Crippen LogP contribution in [0.4, 0.5) is 5.13 Å². The SMILES string of the molecule is COc1ccc(OC)c(-c2csc(NC(=O)COC(=O)CN3C(=O)CCC3=O)n2)c1. The molecule has 158 valence electrons. The number of esters is 1. The van der Waals surface area contributed by atoms with Crippen molar-refractivity contribution in [3.8, 4) is 22.8 Å². The van der Waals surface area contributed by atoms with Crippen molar-refractivity contribution >= 4 is 40.2 Å². The lowest BCUT2D eigenvalue weighted by atomic mass is 10.1. The fraction of sp³-hybridized carbons (Fsp3) is 0.316. The average Bonchev–Trinajstić information content (AvgIpc) is 3.33.